The van der Waals surface area contributed by atoms with Crippen LogP contribution in [0, 0.1) is 11.3 Å². The summed E-state index contributed by atoms with van der Waals surface area (Å²) in [6.45, 7) is 0. The van der Waals surface area contributed by atoms with Gasteiger partial charge in [-0.25, -0.2) is 9.78 Å². The van der Waals surface area contributed by atoms with Crippen LogP contribution in [0.3, 0.4) is 0 Å². The largest absolute Gasteiger partial charge is 0.477 e. The van der Waals surface area contributed by atoms with Crippen molar-refractivity contribution in [3.05, 3.63) is 63.8 Å². The van der Waals surface area contributed by atoms with Gasteiger partial charge in [0.05, 0.1) is 11.6 Å². The molecule has 0 aliphatic carbocycles. The summed E-state index contributed by atoms with van der Waals surface area (Å²) in [5.74, 6) is -2.24. The summed E-state index contributed by atoms with van der Waals surface area (Å²) in [5, 5.41) is 26.5. The molecule has 35 heavy (non-hydrogen) atoms. The number of oxime groups is 1. The zero-order chi connectivity index (χ0) is 25.1. The summed E-state index contributed by atoms with van der Waals surface area (Å²) in [6, 6.07) is 8.03. The summed E-state index contributed by atoms with van der Waals surface area (Å²) in [4.78, 5) is 47.7. The number of nitrogens with zero attached hydrogens (tertiary/aromatic N) is 4. The van der Waals surface area contributed by atoms with Crippen LogP contribution >= 0.6 is 23.1 Å². The lowest BCUT2D eigenvalue weighted by Crippen LogP contribution is -2.71. The maximum absolute atomic E-state index is 12.9. The van der Waals surface area contributed by atoms with Crippen molar-refractivity contribution in [1.29, 1.82) is 5.26 Å². The minimum atomic E-state index is -1.26. The third-order valence-corrected chi connectivity index (χ3v) is 7.17. The third-order valence-electron chi connectivity index (χ3n) is 5.19. The molecule has 178 valence electrons. The second kappa shape index (κ2) is 10.00. The molecule has 1 fully saturated rings. The Balaban J connectivity index is 1.55. The first kappa shape index (κ1) is 24.0. The van der Waals surface area contributed by atoms with Crippen molar-refractivity contribution in [2.75, 3.05) is 18.6 Å². The molecule has 2 aliphatic heterocycles. The van der Waals surface area contributed by atoms with Crippen LogP contribution in [0.2, 0.25) is 0 Å². The lowest BCUT2D eigenvalue weighted by Gasteiger charge is -2.49. The molecule has 11 nitrogen and oxygen atoms in total. The van der Waals surface area contributed by atoms with E-state index in [2.05, 4.69) is 21.5 Å². The first-order valence-electron chi connectivity index (χ1n) is 10.1. The van der Waals surface area contributed by atoms with Crippen molar-refractivity contribution in [2.24, 2.45) is 5.16 Å². The SMILES string of the molecule is CON=C(C(=O)NC1C(=O)N2C(C(=O)O)=C(C=Cc3ccccc3C#N)CS[C@H]12)c1csc(N)n1. The van der Waals surface area contributed by atoms with Gasteiger partial charge >= 0.3 is 5.97 Å². The molecule has 0 spiro atoms. The number of allylic oxidation sites excluding steroid dienone is 1. The van der Waals surface area contributed by atoms with Crippen LogP contribution in [0.1, 0.15) is 16.8 Å². The number of β-lactam (4-membered cyclic amide) rings is 1. The lowest BCUT2D eigenvalue weighted by atomic mass is 10.0. The Morgan fingerprint density at radius 2 is 2.17 bits per heavy atom. The Bertz CT molecular complexity index is 1340. The topological polar surface area (TPSA) is 171 Å². The molecule has 1 aromatic carbocycles. The van der Waals surface area contributed by atoms with Crippen LogP contribution in [-0.4, -0.2) is 62.8 Å². The number of thiazole rings is 1. The number of carbonyl (C=O) groups excluding carboxylic acids is 2. The molecule has 1 saturated heterocycles. The number of benzene rings is 1. The summed E-state index contributed by atoms with van der Waals surface area (Å²) in [6.07, 6.45) is 3.24. The van der Waals surface area contributed by atoms with Gasteiger partial charge in [-0.05, 0) is 17.2 Å². The number of carboxylic acid groups (broad SMARTS) is 1. The van der Waals surface area contributed by atoms with E-state index in [0.717, 1.165) is 16.2 Å². The van der Waals surface area contributed by atoms with Gasteiger partial charge in [-0.15, -0.1) is 23.1 Å². The molecule has 3 heterocycles. The summed E-state index contributed by atoms with van der Waals surface area (Å²) < 4.78 is 0. The van der Waals surface area contributed by atoms with Gasteiger partial charge in [0.25, 0.3) is 11.8 Å². The molecule has 1 aromatic heterocycles. The number of hydrogen-bond acceptors (Lipinski definition) is 10. The number of aromatic nitrogens is 1. The molecule has 1 unspecified atom stereocenters. The number of nitrogen functional groups attached to an aromatic ring is 1. The minimum Gasteiger partial charge on any atom is -0.477 e. The number of carboxylic acids is 1. The number of carbonyl (C=O) groups is 3. The van der Waals surface area contributed by atoms with Gasteiger partial charge in [0.15, 0.2) is 10.8 Å². The Kier molecular flexibility index (Phi) is 6.85. The maximum atomic E-state index is 12.9. The molecule has 2 amide bonds. The zero-order valence-electron chi connectivity index (χ0n) is 18.2. The van der Waals surface area contributed by atoms with Gasteiger partial charge < -0.3 is 21.0 Å². The van der Waals surface area contributed by atoms with Crippen LogP contribution in [-0.2, 0) is 19.2 Å². The number of thioether (sulfide) groups is 1. The molecule has 0 bridgehead atoms. The van der Waals surface area contributed by atoms with Gasteiger partial charge in [-0.2, -0.15) is 5.26 Å². The second-order valence-corrected chi connectivity index (χ2v) is 9.26. The third kappa shape index (κ3) is 4.61. The van der Waals surface area contributed by atoms with Crippen molar-refractivity contribution >= 4 is 57.8 Å². The lowest BCUT2D eigenvalue weighted by molar-refractivity contribution is -0.150. The number of nitrogens with two attached hydrogens (primary N) is 1. The number of anilines is 1. The molecule has 4 rings (SSSR count). The van der Waals surface area contributed by atoms with Gasteiger partial charge in [0, 0.05) is 11.1 Å². The van der Waals surface area contributed by atoms with Crippen LogP contribution < -0.4 is 11.1 Å². The molecule has 2 aromatic rings. The molecular weight excluding hydrogens is 492 g/mol. The fraction of sp³-hybridized carbons (Fsp3) is 0.182. The Hall–Kier alpha value is -4.15. The van der Waals surface area contributed by atoms with Crippen molar-refractivity contribution in [1.82, 2.24) is 15.2 Å². The quantitative estimate of drug-likeness (QED) is 0.283. The van der Waals surface area contributed by atoms with Crippen molar-refractivity contribution in [2.45, 2.75) is 11.4 Å². The molecular formula is C22H18N6O5S2. The zero-order valence-corrected chi connectivity index (χ0v) is 19.8. The molecule has 4 N–H and O–H groups in total. The number of aliphatic carboxylic acids is 1. The van der Waals surface area contributed by atoms with E-state index < -0.39 is 29.2 Å². The normalized spacial score (nSPS) is 19.7. The van der Waals surface area contributed by atoms with Gasteiger partial charge in [-0.1, -0.05) is 35.5 Å². The summed E-state index contributed by atoms with van der Waals surface area (Å²) in [5.41, 5.74) is 7.01. The molecule has 13 heteroatoms. The highest BCUT2D eigenvalue weighted by Crippen LogP contribution is 2.40. The van der Waals surface area contributed by atoms with Gasteiger partial charge in [0.2, 0.25) is 0 Å². The summed E-state index contributed by atoms with van der Waals surface area (Å²) >= 11 is 2.43. The Morgan fingerprint density at radius 3 is 2.83 bits per heavy atom. The van der Waals surface area contributed by atoms with E-state index in [1.165, 1.54) is 24.3 Å². The highest BCUT2D eigenvalue weighted by atomic mass is 32.2. The van der Waals surface area contributed by atoms with Gasteiger partial charge in [-0.3, -0.25) is 14.5 Å². The van der Waals surface area contributed by atoms with Crippen LogP contribution in [0.15, 0.2) is 52.1 Å². The van der Waals surface area contributed by atoms with E-state index in [1.54, 1.807) is 36.4 Å². The monoisotopic (exact) mass is 510 g/mol. The fourth-order valence-electron chi connectivity index (χ4n) is 3.61. The predicted octanol–water partition coefficient (Wildman–Crippen LogP) is 1.40. The number of nitriles is 1. The van der Waals surface area contributed by atoms with E-state index in [0.29, 0.717) is 16.7 Å². The smallest absolute Gasteiger partial charge is 0.352 e. The summed E-state index contributed by atoms with van der Waals surface area (Å²) in [7, 11) is 1.27. The maximum Gasteiger partial charge on any atom is 0.352 e. The Morgan fingerprint density at radius 1 is 1.40 bits per heavy atom. The number of hydrogen-bond donors (Lipinski definition) is 3. The van der Waals surface area contributed by atoms with Crippen molar-refractivity contribution in [3.8, 4) is 6.07 Å². The van der Waals surface area contributed by atoms with E-state index in [4.69, 9.17) is 10.6 Å². The molecule has 2 aliphatic rings. The number of amides is 2. The standard InChI is InChI=1S/C22H18N6O5S2/c1-33-27-15(14-10-35-22(24)25-14)18(29)26-16-19(30)28-17(21(31)32)13(9-34-20(16)28)7-6-11-4-2-3-5-12(11)8-23/h2-7,10,16,20H,9H2,1H3,(H2,24,25)(H,26,29)(H,31,32)/t16?,20-/m1/s1. The number of rotatable bonds is 7. The predicted molar refractivity (Wildman–Crippen MR) is 130 cm³/mol. The first-order valence-corrected chi connectivity index (χ1v) is 12.0. The number of nitrogens with one attached hydrogen (secondary N) is 1. The van der Waals surface area contributed by atoms with Crippen LogP contribution in [0.25, 0.3) is 6.08 Å². The Labute approximate surface area is 207 Å². The highest BCUT2D eigenvalue weighted by Gasteiger charge is 2.54. The van der Waals surface area contributed by atoms with Crippen LogP contribution in [0.5, 0.6) is 0 Å². The van der Waals surface area contributed by atoms with Gasteiger partial charge in [0.1, 0.15) is 29.9 Å². The molecule has 2 atom stereocenters. The molecule has 0 radical (unpaired) electrons. The van der Waals surface area contributed by atoms with E-state index in [9.17, 15) is 24.8 Å². The minimum absolute atomic E-state index is 0.152. The highest BCUT2D eigenvalue weighted by molar-refractivity contribution is 8.00. The molecule has 0 saturated carbocycles. The van der Waals surface area contributed by atoms with E-state index in [-0.39, 0.29) is 28.0 Å². The first-order chi connectivity index (χ1) is 16.8. The van der Waals surface area contributed by atoms with E-state index in [1.807, 2.05) is 0 Å². The van der Waals surface area contributed by atoms with E-state index >= 15 is 0 Å². The second-order valence-electron chi connectivity index (χ2n) is 7.27. The van der Waals surface area contributed by atoms with Crippen LogP contribution in [0.4, 0.5) is 5.13 Å². The fourth-order valence-corrected chi connectivity index (χ4v) is 5.47. The average Bonchev–Trinajstić information content (AvgIpc) is 3.29. The van der Waals surface area contributed by atoms with Crippen molar-refractivity contribution in [3.63, 3.8) is 0 Å². The number of fused-ring (bicyclic) bond motifs is 1. The average molecular weight is 511 g/mol. The van der Waals surface area contributed by atoms with Crippen molar-refractivity contribution < 1.29 is 24.3 Å².